The molecule has 26 heavy (non-hydrogen) atoms. The Morgan fingerprint density at radius 2 is 2.08 bits per heavy atom. The van der Waals surface area contributed by atoms with E-state index in [4.69, 9.17) is 4.74 Å². The van der Waals surface area contributed by atoms with Crippen molar-refractivity contribution in [3.63, 3.8) is 0 Å². The lowest BCUT2D eigenvalue weighted by atomic mass is 10.1. The Hall–Kier alpha value is -2.26. The molecule has 2 rings (SSSR count). The highest BCUT2D eigenvalue weighted by Gasteiger charge is 2.29. The van der Waals surface area contributed by atoms with Crippen LogP contribution in [0.3, 0.4) is 0 Å². The van der Waals surface area contributed by atoms with Gasteiger partial charge in [-0.25, -0.2) is 0 Å². The Morgan fingerprint density at radius 3 is 2.62 bits per heavy atom. The van der Waals surface area contributed by atoms with Crippen LogP contribution in [0.1, 0.15) is 17.2 Å². The lowest BCUT2D eigenvalue weighted by Gasteiger charge is -2.18. The van der Waals surface area contributed by atoms with Crippen molar-refractivity contribution >= 4 is 24.0 Å². The predicted octanol–water partition coefficient (Wildman–Crippen LogP) is 2.99. The number of carbonyl (C=O) groups is 1. The number of alkyl halides is 3. The van der Waals surface area contributed by atoms with Crippen molar-refractivity contribution in [2.45, 2.75) is 19.1 Å². The van der Waals surface area contributed by atoms with Crippen LogP contribution in [0, 0.1) is 6.92 Å². The van der Waals surface area contributed by atoms with Gasteiger partial charge < -0.3 is 15.4 Å². The van der Waals surface area contributed by atoms with E-state index in [-0.39, 0.29) is 24.1 Å². The van der Waals surface area contributed by atoms with Gasteiger partial charge in [0.15, 0.2) is 6.61 Å². The summed E-state index contributed by atoms with van der Waals surface area (Å²) in [5.41, 5.74) is 1.47. The number of likely N-dealkylation sites (N-methyl/N-ethyl adjacent to an activating group) is 1. The minimum atomic E-state index is -4.43. The van der Waals surface area contributed by atoms with Crippen molar-refractivity contribution < 1.29 is 22.7 Å². The standard InChI is InChI=1S/C16H19F3N4O2.ClH/c1-10-12(5-4-6-13(10)25-9-16(17,18)19)22-15(24)14(20-2)11-7-21-23(3)8-11;/h4-8,14,20H,9H2,1-3H3,(H,22,24);1H. The Labute approximate surface area is 155 Å². The minimum Gasteiger partial charge on any atom is -0.484 e. The zero-order valence-corrected chi connectivity index (χ0v) is 15.2. The van der Waals surface area contributed by atoms with Crippen LogP contribution in [-0.4, -0.2) is 35.5 Å². The molecule has 0 aliphatic heterocycles. The number of nitrogens with one attached hydrogen (secondary N) is 2. The third-order valence-corrected chi connectivity index (χ3v) is 3.54. The number of nitrogens with zero attached hydrogens (tertiary/aromatic N) is 2. The van der Waals surface area contributed by atoms with Gasteiger partial charge in [-0.05, 0) is 26.1 Å². The fraction of sp³-hybridized carbons (Fsp3) is 0.375. The van der Waals surface area contributed by atoms with Crippen molar-refractivity contribution in [3.8, 4) is 5.75 Å². The maximum atomic E-state index is 12.5. The Kier molecular flexibility index (Phi) is 7.46. The third kappa shape index (κ3) is 5.63. The molecule has 144 valence electrons. The topological polar surface area (TPSA) is 68.2 Å². The number of hydrogen-bond donors (Lipinski definition) is 2. The summed E-state index contributed by atoms with van der Waals surface area (Å²) in [6, 6.07) is 3.90. The molecule has 1 atom stereocenters. The second kappa shape index (κ2) is 8.91. The maximum absolute atomic E-state index is 12.5. The average molecular weight is 393 g/mol. The van der Waals surface area contributed by atoms with Crippen molar-refractivity contribution in [1.29, 1.82) is 0 Å². The molecule has 0 saturated carbocycles. The second-order valence-corrected chi connectivity index (χ2v) is 5.49. The molecule has 1 unspecified atom stereocenters. The molecule has 10 heteroatoms. The number of amides is 1. The monoisotopic (exact) mass is 392 g/mol. The van der Waals surface area contributed by atoms with Crippen LogP contribution in [0.25, 0.3) is 0 Å². The van der Waals surface area contributed by atoms with Gasteiger partial charge in [0.05, 0.1) is 6.20 Å². The lowest BCUT2D eigenvalue weighted by Crippen LogP contribution is -2.30. The van der Waals surface area contributed by atoms with Crippen LogP contribution in [0.5, 0.6) is 5.75 Å². The second-order valence-electron chi connectivity index (χ2n) is 5.49. The highest BCUT2D eigenvalue weighted by molar-refractivity contribution is 5.96. The number of anilines is 1. The first kappa shape index (κ1) is 21.8. The van der Waals surface area contributed by atoms with Crippen molar-refractivity contribution in [2.75, 3.05) is 19.0 Å². The summed E-state index contributed by atoms with van der Waals surface area (Å²) in [7, 11) is 3.37. The molecule has 0 fully saturated rings. The van der Waals surface area contributed by atoms with Crippen LogP contribution in [0.2, 0.25) is 0 Å². The Balaban J connectivity index is 0.00000338. The highest BCUT2D eigenvalue weighted by Crippen LogP contribution is 2.28. The van der Waals surface area contributed by atoms with Crippen molar-refractivity contribution in [1.82, 2.24) is 15.1 Å². The summed E-state index contributed by atoms with van der Waals surface area (Å²) in [6.45, 7) is 0.194. The van der Waals surface area contributed by atoms with Crippen LogP contribution >= 0.6 is 12.4 Å². The molecule has 2 aromatic rings. The SMILES string of the molecule is CNC(C(=O)Nc1cccc(OCC(F)(F)F)c1C)c1cnn(C)c1.Cl. The molecule has 0 aliphatic rings. The van der Waals surface area contributed by atoms with Gasteiger partial charge >= 0.3 is 6.18 Å². The van der Waals surface area contributed by atoms with Crippen LogP contribution in [0.4, 0.5) is 18.9 Å². The highest BCUT2D eigenvalue weighted by atomic mass is 35.5. The van der Waals surface area contributed by atoms with Crippen LogP contribution in [0.15, 0.2) is 30.6 Å². The number of rotatable bonds is 6. The average Bonchev–Trinajstić information content (AvgIpc) is 2.94. The molecule has 6 nitrogen and oxygen atoms in total. The first-order valence-electron chi connectivity index (χ1n) is 7.47. The summed E-state index contributed by atoms with van der Waals surface area (Å²) in [6.07, 6.45) is -1.16. The normalized spacial score (nSPS) is 12.2. The summed E-state index contributed by atoms with van der Waals surface area (Å²) in [4.78, 5) is 12.5. The van der Waals surface area contributed by atoms with E-state index in [2.05, 4.69) is 15.7 Å². The smallest absolute Gasteiger partial charge is 0.422 e. The summed E-state index contributed by atoms with van der Waals surface area (Å²) in [5, 5.41) is 9.62. The maximum Gasteiger partial charge on any atom is 0.422 e. The van der Waals surface area contributed by atoms with Crippen molar-refractivity contribution in [2.24, 2.45) is 7.05 Å². The molecule has 0 spiro atoms. The minimum absolute atomic E-state index is 0. The van der Waals surface area contributed by atoms with Gasteiger partial charge in [-0.3, -0.25) is 9.48 Å². The number of halogens is 4. The lowest BCUT2D eigenvalue weighted by molar-refractivity contribution is -0.153. The summed E-state index contributed by atoms with van der Waals surface area (Å²) >= 11 is 0. The van der Waals surface area contributed by atoms with E-state index < -0.39 is 18.8 Å². The molecule has 1 aromatic carbocycles. The third-order valence-electron chi connectivity index (χ3n) is 3.54. The number of aromatic nitrogens is 2. The first-order chi connectivity index (χ1) is 11.7. The first-order valence-corrected chi connectivity index (χ1v) is 7.47. The van der Waals surface area contributed by atoms with Crippen LogP contribution in [-0.2, 0) is 11.8 Å². The molecule has 0 bridgehead atoms. The number of carbonyl (C=O) groups excluding carboxylic acids is 1. The molecule has 1 aromatic heterocycles. The summed E-state index contributed by atoms with van der Waals surface area (Å²) < 4.78 is 43.3. The van der Waals surface area contributed by atoms with E-state index >= 15 is 0 Å². The van der Waals surface area contributed by atoms with Gasteiger partial charge in [-0.15, -0.1) is 12.4 Å². The Morgan fingerprint density at radius 1 is 1.38 bits per heavy atom. The number of ether oxygens (including phenoxy) is 1. The van der Waals surface area contributed by atoms with Crippen LogP contribution < -0.4 is 15.4 Å². The van der Waals surface area contributed by atoms with E-state index in [0.717, 1.165) is 0 Å². The van der Waals surface area contributed by atoms with Gasteiger partial charge in [-0.1, -0.05) is 6.07 Å². The van der Waals surface area contributed by atoms with E-state index in [1.807, 2.05) is 0 Å². The Bertz CT molecular complexity index is 749. The molecule has 1 heterocycles. The molecular weight excluding hydrogens is 373 g/mol. The van der Waals surface area contributed by atoms with Crippen molar-refractivity contribution in [3.05, 3.63) is 41.7 Å². The summed E-state index contributed by atoms with van der Waals surface area (Å²) in [5.74, 6) is -0.288. The molecule has 0 aliphatic carbocycles. The molecule has 0 saturated heterocycles. The van der Waals surface area contributed by atoms with Gasteiger partial charge in [0.25, 0.3) is 0 Å². The fourth-order valence-electron chi connectivity index (χ4n) is 2.31. The number of aryl methyl sites for hydroxylation is 1. The number of benzene rings is 1. The van der Waals surface area contributed by atoms with Gasteiger partial charge in [0.1, 0.15) is 11.8 Å². The van der Waals surface area contributed by atoms with E-state index in [9.17, 15) is 18.0 Å². The zero-order chi connectivity index (χ0) is 18.6. The van der Waals surface area contributed by atoms with Gasteiger partial charge in [0, 0.05) is 30.1 Å². The van der Waals surface area contributed by atoms with Gasteiger partial charge in [-0.2, -0.15) is 18.3 Å². The molecule has 0 radical (unpaired) electrons. The van der Waals surface area contributed by atoms with E-state index in [0.29, 0.717) is 16.8 Å². The quantitative estimate of drug-likeness (QED) is 0.793. The fourth-order valence-corrected chi connectivity index (χ4v) is 2.31. The molecular formula is C16H20ClF3N4O2. The molecule has 2 N–H and O–H groups in total. The molecule has 1 amide bonds. The zero-order valence-electron chi connectivity index (χ0n) is 14.4. The van der Waals surface area contributed by atoms with E-state index in [1.165, 1.54) is 12.1 Å². The largest absolute Gasteiger partial charge is 0.484 e. The van der Waals surface area contributed by atoms with Gasteiger partial charge in [0.2, 0.25) is 5.91 Å². The number of hydrogen-bond acceptors (Lipinski definition) is 4. The van der Waals surface area contributed by atoms with E-state index in [1.54, 1.807) is 44.2 Å². The predicted molar refractivity (Wildman–Crippen MR) is 93.6 cm³/mol.